The van der Waals surface area contributed by atoms with Crippen molar-refractivity contribution in [2.75, 3.05) is 13.2 Å². The zero-order chi connectivity index (χ0) is 28.9. The number of nitrogens with zero attached hydrogens (tertiary/aromatic N) is 1. The molecule has 1 aliphatic rings. The Hall–Kier alpha value is -3.44. The molecular formula is C28H27ClF5N3O3. The minimum Gasteiger partial charge on any atom is -0.428 e. The summed E-state index contributed by atoms with van der Waals surface area (Å²) in [6.45, 7) is 2.80. The largest absolute Gasteiger partial charge is 0.461 e. The monoisotopic (exact) mass is 583 g/mol. The van der Waals surface area contributed by atoms with Crippen LogP contribution in [0.2, 0.25) is 5.02 Å². The molecular weight excluding hydrogens is 557 g/mol. The van der Waals surface area contributed by atoms with Crippen LogP contribution < -0.4 is 15.4 Å². The summed E-state index contributed by atoms with van der Waals surface area (Å²) in [7, 11) is 0. The molecule has 40 heavy (non-hydrogen) atoms. The van der Waals surface area contributed by atoms with Gasteiger partial charge in [0, 0.05) is 37.9 Å². The second kappa shape index (κ2) is 12.4. The van der Waals surface area contributed by atoms with Crippen LogP contribution in [0.5, 0.6) is 5.75 Å². The molecule has 2 heterocycles. The first kappa shape index (κ1) is 29.5. The molecule has 2 N–H and O–H groups in total. The van der Waals surface area contributed by atoms with Gasteiger partial charge in [-0.25, -0.2) is 9.18 Å². The predicted octanol–water partition coefficient (Wildman–Crippen LogP) is 6.38. The van der Waals surface area contributed by atoms with Gasteiger partial charge < -0.3 is 20.1 Å². The Morgan fingerprint density at radius 2 is 1.82 bits per heavy atom. The van der Waals surface area contributed by atoms with Crippen LogP contribution in [0.25, 0.3) is 0 Å². The molecule has 0 saturated carbocycles. The number of rotatable bonds is 9. The van der Waals surface area contributed by atoms with E-state index in [2.05, 4.69) is 20.4 Å². The number of benzene rings is 2. The lowest BCUT2D eigenvalue weighted by molar-refractivity contribution is -0.253. The highest BCUT2D eigenvalue weighted by Crippen LogP contribution is 2.37. The number of hydrogen-bond donors (Lipinski definition) is 2. The number of pyridine rings is 1. The fourth-order valence-electron chi connectivity index (χ4n) is 4.49. The molecule has 0 bridgehead atoms. The van der Waals surface area contributed by atoms with Gasteiger partial charge >= 0.3 is 18.6 Å². The number of ether oxygens (including phenoxy) is 2. The first-order valence-electron chi connectivity index (χ1n) is 12.5. The number of aromatic nitrogens is 1. The average molecular weight is 584 g/mol. The van der Waals surface area contributed by atoms with Crippen LogP contribution in [0.3, 0.4) is 0 Å². The van der Waals surface area contributed by atoms with Crippen molar-refractivity contribution in [1.29, 1.82) is 0 Å². The van der Waals surface area contributed by atoms with E-state index in [-0.39, 0.29) is 28.7 Å². The fraction of sp³-hybridized carbons (Fsp3) is 0.357. The lowest BCUT2D eigenvalue weighted by Gasteiger charge is -2.36. The molecule has 2 aromatic carbocycles. The minimum atomic E-state index is -4.88. The first-order chi connectivity index (χ1) is 19.0. The number of amides is 2. The quantitative estimate of drug-likeness (QED) is 0.287. The van der Waals surface area contributed by atoms with Gasteiger partial charge in [0.05, 0.1) is 10.7 Å². The molecule has 1 saturated heterocycles. The SMILES string of the molecule is Cc1ccc(C[C@](NC(=O)NC2CCOCC2)(c2cc(F)cc(OC(F)(F)C(F)F)c2)c2ccc(Cl)cn2)cc1. The van der Waals surface area contributed by atoms with Crippen LogP contribution in [-0.2, 0) is 16.7 Å². The molecule has 1 atom stereocenters. The molecule has 214 valence electrons. The van der Waals surface area contributed by atoms with Crippen molar-refractivity contribution in [2.24, 2.45) is 0 Å². The lowest BCUT2D eigenvalue weighted by atomic mass is 9.80. The maximum absolute atomic E-state index is 14.9. The Labute approximate surface area is 232 Å². The van der Waals surface area contributed by atoms with E-state index in [1.54, 1.807) is 12.1 Å². The van der Waals surface area contributed by atoms with Gasteiger partial charge in [0.1, 0.15) is 17.1 Å². The van der Waals surface area contributed by atoms with Crippen molar-refractivity contribution >= 4 is 17.6 Å². The Balaban J connectivity index is 1.85. The maximum Gasteiger partial charge on any atom is 0.461 e. The highest BCUT2D eigenvalue weighted by Gasteiger charge is 2.45. The van der Waals surface area contributed by atoms with Gasteiger partial charge in [-0.1, -0.05) is 41.4 Å². The van der Waals surface area contributed by atoms with Crippen LogP contribution in [0, 0.1) is 12.7 Å². The van der Waals surface area contributed by atoms with Gasteiger partial charge in [-0.2, -0.15) is 17.6 Å². The summed E-state index contributed by atoms with van der Waals surface area (Å²) in [4.78, 5) is 17.8. The van der Waals surface area contributed by atoms with Crippen molar-refractivity contribution in [3.63, 3.8) is 0 Å². The first-order valence-corrected chi connectivity index (χ1v) is 12.8. The van der Waals surface area contributed by atoms with E-state index in [1.807, 2.05) is 19.1 Å². The summed E-state index contributed by atoms with van der Waals surface area (Å²) in [5.41, 5.74) is 0.0928. The third kappa shape index (κ3) is 7.19. The second-order valence-corrected chi connectivity index (χ2v) is 9.99. The van der Waals surface area contributed by atoms with Crippen molar-refractivity contribution in [3.05, 3.63) is 94.0 Å². The summed E-state index contributed by atoms with van der Waals surface area (Å²) in [5.74, 6) is -1.90. The van der Waals surface area contributed by atoms with Gasteiger partial charge in [0.25, 0.3) is 0 Å². The van der Waals surface area contributed by atoms with E-state index in [1.165, 1.54) is 18.3 Å². The molecule has 4 rings (SSSR count). The fourth-order valence-corrected chi connectivity index (χ4v) is 4.60. The average Bonchev–Trinajstić information content (AvgIpc) is 2.90. The van der Waals surface area contributed by atoms with E-state index < -0.39 is 35.7 Å². The highest BCUT2D eigenvalue weighted by atomic mass is 35.5. The smallest absolute Gasteiger partial charge is 0.428 e. The number of carbonyl (C=O) groups excluding carboxylic acids is 1. The number of nitrogens with one attached hydrogen (secondary N) is 2. The standard InChI is InChI=1S/C28H27ClF5N3O3/c1-17-2-4-18(5-3-17)15-27(24-7-6-20(29)16-35-24,37-26(38)36-22-8-10-39-11-9-22)19-12-21(30)14-23(13-19)40-28(33,34)25(31)32/h2-7,12-14,16,22,25H,8-11,15H2,1H3,(H2,36,37,38)/t27-/m0/s1. The van der Waals surface area contributed by atoms with E-state index in [4.69, 9.17) is 16.3 Å². The summed E-state index contributed by atoms with van der Waals surface area (Å²) in [5, 5.41) is 6.03. The molecule has 0 aliphatic carbocycles. The molecule has 1 aromatic heterocycles. The number of alkyl halides is 4. The molecule has 0 unspecified atom stereocenters. The molecule has 1 aliphatic heterocycles. The molecule has 12 heteroatoms. The van der Waals surface area contributed by atoms with Gasteiger partial charge in [0.2, 0.25) is 0 Å². The van der Waals surface area contributed by atoms with Crippen molar-refractivity contribution in [2.45, 2.75) is 50.3 Å². The maximum atomic E-state index is 14.9. The summed E-state index contributed by atoms with van der Waals surface area (Å²) in [6.07, 6.45) is -6.59. The summed E-state index contributed by atoms with van der Waals surface area (Å²) in [6, 6.07) is 12.0. The van der Waals surface area contributed by atoms with Gasteiger partial charge in [-0.15, -0.1) is 0 Å². The molecule has 6 nitrogen and oxygen atoms in total. The third-order valence-electron chi connectivity index (χ3n) is 6.51. The zero-order valence-electron chi connectivity index (χ0n) is 21.4. The van der Waals surface area contributed by atoms with Crippen LogP contribution in [0.4, 0.5) is 26.7 Å². The molecule has 0 spiro atoms. The van der Waals surface area contributed by atoms with Crippen LogP contribution in [0.15, 0.2) is 60.8 Å². The Morgan fingerprint density at radius 1 is 1.12 bits per heavy atom. The van der Waals surface area contributed by atoms with Gasteiger partial charge in [-0.3, -0.25) is 4.98 Å². The van der Waals surface area contributed by atoms with E-state index >= 15 is 0 Å². The van der Waals surface area contributed by atoms with Crippen molar-refractivity contribution < 1.29 is 36.2 Å². The second-order valence-electron chi connectivity index (χ2n) is 9.55. The summed E-state index contributed by atoms with van der Waals surface area (Å²) < 4.78 is 77.9. The van der Waals surface area contributed by atoms with Crippen LogP contribution in [0.1, 0.15) is 35.2 Å². The Kier molecular flexibility index (Phi) is 9.15. The zero-order valence-corrected chi connectivity index (χ0v) is 22.2. The van der Waals surface area contributed by atoms with E-state index in [0.717, 1.165) is 17.7 Å². The summed E-state index contributed by atoms with van der Waals surface area (Å²) >= 11 is 6.06. The molecule has 3 aromatic rings. The normalized spacial score (nSPS) is 15.9. The topological polar surface area (TPSA) is 72.5 Å². The number of halogens is 6. The third-order valence-corrected chi connectivity index (χ3v) is 6.73. The van der Waals surface area contributed by atoms with Gasteiger partial charge in [0.15, 0.2) is 0 Å². The number of carbonyl (C=O) groups is 1. The van der Waals surface area contributed by atoms with Gasteiger partial charge in [-0.05, 0) is 55.2 Å². The molecule has 2 amide bonds. The number of aryl methyl sites for hydroxylation is 1. The number of urea groups is 1. The Morgan fingerprint density at radius 3 is 2.45 bits per heavy atom. The minimum absolute atomic E-state index is 0.0166. The molecule has 1 fully saturated rings. The van der Waals surface area contributed by atoms with E-state index in [0.29, 0.717) is 37.7 Å². The van der Waals surface area contributed by atoms with E-state index in [9.17, 15) is 26.7 Å². The van der Waals surface area contributed by atoms with Crippen LogP contribution in [-0.4, -0.2) is 42.8 Å². The molecule has 0 radical (unpaired) electrons. The lowest BCUT2D eigenvalue weighted by Crippen LogP contribution is -2.55. The predicted molar refractivity (Wildman–Crippen MR) is 138 cm³/mol. The van der Waals surface area contributed by atoms with Crippen molar-refractivity contribution in [1.82, 2.24) is 15.6 Å². The van der Waals surface area contributed by atoms with Crippen LogP contribution >= 0.6 is 11.6 Å². The highest BCUT2D eigenvalue weighted by molar-refractivity contribution is 6.30. The number of hydrogen-bond acceptors (Lipinski definition) is 4. The van der Waals surface area contributed by atoms with Crippen molar-refractivity contribution in [3.8, 4) is 5.75 Å². The Bertz CT molecular complexity index is 1310.